The number of carbonyl (C=O) groups excluding carboxylic acids is 1. The van der Waals surface area contributed by atoms with Crippen LogP contribution >= 0.6 is 0 Å². The van der Waals surface area contributed by atoms with E-state index in [1.807, 2.05) is 36.4 Å². The number of nitrogens with one attached hydrogen (secondary N) is 1. The molecule has 4 rings (SSSR count). The summed E-state index contributed by atoms with van der Waals surface area (Å²) in [6.45, 7) is 4.86. The second kappa shape index (κ2) is 9.60. The third kappa shape index (κ3) is 4.61. The van der Waals surface area contributed by atoms with Gasteiger partial charge < -0.3 is 9.84 Å². The van der Waals surface area contributed by atoms with Gasteiger partial charge in [0, 0.05) is 25.1 Å². The highest BCUT2D eigenvalue weighted by molar-refractivity contribution is 5.87. The SMILES string of the molecule is CCc1ccc(CNC(=O)CCn2cnc3c(-c4ccc(CC)cc4)noc3c2=O)cc1. The Morgan fingerprint density at radius 2 is 1.59 bits per heavy atom. The molecule has 0 radical (unpaired) electrons. The van der Waals surface area contributed by atoms with Gasteiger partial charge in [-0.25, -0.2) is 4.98 Å². The zero-order valence-corrected chi connectivity index (χ0v) is 18.3. The molecule has 32 heavy (non-hydrogen) atoms. The summed E-state index contributed by atoms with van der Waals surface area (Å²) in [5.41, 5.74) is 5.08. The summed E-state index contributed by atoms with van der Waals surface area (Å²) < 4.78 is 6.70. The van der Waals surface area contributed by atoms with Crippen LogP contribution in [0, 0.1) is 0 Å². The number of hydrogen-bond donors (Lipinski definition) is 1. The van der Waals surface area contributed by atoms with E-state index in [-0.39, 0.29) is 30.0 Å². The van der Waals surface area contributed by atoms with Gasteiger partial charge in [-0.05, 0) is 29.5 Å². The molecule has 7 nitrogen and oxygen atoms in total. The maximum absolute atomic E-state index is 12.8. The molecule has 0 aliphatic rings. The van der Waals surface area contributed by atoms with Crippen molar-refractivity contribution in [2.24, 2.45) is 0 Å². The van der Waals surface area contributed by atoms with Crippen molar-refractivity contribution in [3.63, 3.8) is 0 Å². The first-order valence-corrected chi connectivity index (χ1v) is 10.9. The molecule has 0 fully saturated rings. The van der Waals surface area contributed by atoms with E-state index in [0.717, 1.165) is 24.0 Å². The molecule has 0 spiro atoms. The topological polar surface area (TPSA) is 90.0 Å². The standard InChI is InChI=1S/C25H26N4O3/c1-3-17-5-7-19(8-6-17)15-26-21(30)13-14-29-16-27-23-22(28-32-24(23)25(29)31)20-11-9-18(4-2)10-12-20/h5-12,16H,3-4,13-15H2,1-2H3,(H,26,30). The molecule has 0 atom stereocenters. The second-order valence-corrected chi connectivity index (χ2v) is 7.70. The largest absolute Gasteiger partial charge is 0.352 e. The van der Waals surface area contributed by atoms with Gasteiger partial charge in [-0.1, -0.05) is 67.5 Å². The van der Waals surface area contributed by atoms with Gasteiger partial charge in [0.15, 0.2) is 0 Å². The fourth-order valence-corrected chi connectivity index (χ4v) is 3.51. The summed E-state index contributed by atoms with van der Waals surface area (Å²) in [6, 6.07) is 16.1. The Morgan fingerprint density at radius 1 is 0.969 bits per heavy atom. The highest BCUT2D eigenvalue weighted by Crippen LogP contribution is 2.24. The zero-order valence-electron chi connectivity index (χ0n) is 18.3. The van der Waals surface area contributed by atoms with Crippen LogP contribution < -0.4 is 10.9 Å². The van der Waals surface area contributed by atoms with Gasteiger partial charge in [-0.3, -0.25) is 14.2 Å². The van der Waals surface area contributed by atoms with Crippen LogP contribution in [-0.4, -0.2) is 20.6 Å². The summed E-state index contributed by atoms with van der Waals surface area (Å²) in [5.74, 6) is -0.133. The number of carbonyl (C=O) groups is 1. The van der Waals surface area contributed by atoms with Gasteiger partial charge >= 0.3 is 0 Å². The number of amides is 1. The summed E-state index contributed by atoms with van der Waals surface area (Å²) in [5, 5.41) is 6.95. The highest BCUT2D eigenvalue weighted by Gasteiger charge is 2.16. The van der Waals surface area contributed by atoms with E-state index in [9.17, 15) is 9.59 Å². The van der Waals surface area contributed by atoms with E-state index in [4.69, 9.17) is 4.52 Å². The molecule has 0 aliphatic carbocycles. The molecular weight excluding hydrogens is 404 g/mol. The van der Waals surface area contributed by atoms with Crippen molar-refractivity contribution in [1.29, 1.82) is 0 Å². The highest BCUT2D eigenvalue weighted by atomic mass is 16.5. The molecule has 2 aromatic carbocycles. The average molecular weight is 431 g/mol. The molecule has 0 saturated heterocycles. The number of hydrogen-bond acceptors (Lipinski definition) is 5. The van der Waals surface area contributed by atoms with E-state index in [0.29, 0.717) is 17.8 Å². The van der Waals surface area contributed by atoms with Crippen molar-refractivity contribution in [2.75, 3.05) is 0 Å². The number of nitrogens with zero attached hydrogens (tertiary/aromatic N) is 3. The van der Waals surface area contributed by atoms with Crippen LogP contribution in [0.4, 0.5) is 0 Å². The fraction of sp³-hybridized carbons (Fsp3) is 0.280. The summed E-state index contributed by atoms with van der Waals surface area (Å²) in [6.07, 6.45) is 3.54. The first-order chi connectivity index (χ1) is 15.6. The third-order valence-corrected chi connectivity index (χ3v) is 5.59. The number of rotatable bonds is 8. The third-order valence-electron chi connectivity index (χ3n) is 5.59. The molecule has 7 heteroatoms. The van der Waals surface area contributed by atoms with Gasteiger partial charge in [-0.2, -0.15) is 0 Å². The average Bonchev–Trinajstić information content (AvgIpc) is 3.27. The van der Waals surface area contributed by atoms with Crippen molar-refractivity contribution in [3.05, 3.63) is 81.9 Å². The Labute approximate surface area is 186 Å². The van der Waals surface area contributed by atoms with Crippen molar-refractivity contribution in [1.82, 2.24) is 20.0 Å². The summed E-state index contributed by atoms with van der Waals surface area (Å²) >= 11 is 0. The minimum Gasteiger partial charge on any atom is -0.352 e. The lowest BCUT2D eigenvalue weighted by Gasteiger charge is -2.07. The van der Waals surface area contributed by atoms with Crippen LogP contribution in [0.15, 0.2) is 64.2 Å². The number of aromatic nitrogens is 3. The molecule has 0 unspecified atom stereocenters. The predicted molar refractivity (Wildman–Crippen MR) is 123 cm³/mol. The first-order valence-electron chi connectivity index (χ1n) is 10.9. The lowest BCUT2D eigenvalue weighted by molar-refractivity contribution is -0.121. The molecular formula is C25H26N4O3. The van der Waals surface area contributed by atoms with Crippen LogP contribution in [0.25, 0.3) is 22.4 Å². The van der Waals surface area contributed by atoms with Crippen LogP contribution in [0.5, 0.6) is 0 Å². The molecule has 2 heterocycles. The molecule has 4 aromatic rings. The minimum absolute atomic E-state index is 0.0958. The fourth-order valence-electron chi connectivity index (χ4n) is 3.51. The lowest BCUT2D eigenvalue weighted by Crippen LogP contribution is -2.27. The van der Waals surface area contributed by atoms with Gasteiger partial charge in [0.2, 0.25) is 5.91 Å². The molecule has 1 amide bonds. The molecule has 0 aliphatic heterocycles. The van der Waals surface area contributed by atoms with Gasteiger partial charge in [0.25, 0.3) is 11.1 Å². The maximum Gasteiger partial charge on any atom is 0.299 e. The van der Waals surface area contributed by atoms with E-state index < -0.39 is 0 Å². The van der Waals surface area contributed by atoms with E-state index >= 15 is 0 Å². The quantitative estimate of drug-likeness (QED) is 0.458. The first kappa shape index (κ1) is 21.5. The van der Waals surface area contributed by atoms with E-state index in [2.05, 4.69) is 41.4 Å². The van der Waals surface area contributed by atoms with Crippen LogP contribution in [0.1, 0.15) is 37.0 Å². The van der Waals surface area contributed by atoms with Crippen LogP contribution in [0.2, 0.25) is 0 Å². The van der Waals surface area contributed by atoms with Crippen molar-refractivity contribution in [2.45, 2.75) is 46.2 Å². The molecule has 0 saturated carbocycles. The van der Waals surface area contributed by atoms with E-state index in [1.165, 1.54) is 22.0 Å². The summed E-state index contributed by atoms with van der Waals surface area (Å²) in [7, 11) is 0. The Kier molecular flexibility index (Phi) is 6.44. The smallest absolute Gasteiger partial charge is 0.299 e. The van der Waals surface area contributed by atoms with Crippen molar-refractivity contribution >= 4 is 17.0 Å². The van der Waals surface area contributed by atoms with Crippen LogP contribution in [0.3, 0.4) is 0 Å². The maximum atomic E-state index is 12.8. The zero-order chi connectivity index (χ0) is 22.5. The number of benzene rings is 2. The predicted octanol–water partition coefficient (Wildman–Crippen LogP) is 3.88. The Morgan fingerprint density at radius 3 is 2.25 bits per heavy atom. The number of aryl methyl sites for hydroxylation is 3. The van der Waals surface area contributed by atoms with Gasteiger partial charge in [-0.15, -0.1) is 0 Å². The minimum atomic E-state index is -0.345. The molecule has 0 bridgehead atoms. The lowest BCUT2D eigenvalue weighted by atomic mass is 10.1. The van der Waals surface area contributed by atoms with Crippen molar-refractivity contribution in [3.8, 4) is 11.3 Å². The van der Waals surface area contributed by atoms with E-state index in [1.54, 1.807) is 0 Å². The molecule has 164 valence electrons. The normalized spacial score (nSPS) is 11.1. The van der Waals surface area contributed by atoms with Gasteiger partial charge in [0.1, 0.15) is 11.2 Å². The molecule has 1 N–H and O–H groups in total. The monoisotopic (exact) mass is 430 g/mol. The Bertz CT molecular complexity index is 1270. The van der Waals surface area contributed by atoms with Crippen LogP contribution in [-0.2, 0) is 30.7 Å². The molecule has 2 aromatic heterocycles. The Balaban J connectivity index is 1.41. The number of fused-ring (bicyclic) bond motifs is 1. The van der Waals surface area contributed by atoms with Gasteiger partial charge in [0.05, 0.1) is 6.33 Å². The van der Waals surface area contributed by atoms with Crippen molar-refractivity contribution < 1.29 is 9.32 Å². The second-order valence-electron chi connectivity index (χ2n) is 7.70. The Hall–Kier alpha value is -3.74. The summed E-state index contributed by atoms with van der Waals surface area (Å²) in [4.78, 5) is 29.4.